The third-order valence-electron chi connectivity index (χ3n) is 2.32. The van der Waals surface area contributed by atoms with Gasteiger partial charge in [0.1, 0.15) is 18.9 Å². The number of rotatable bonds is 5. The maximum absolute atomic E-state index is 11.9. The molecule has 1 atom stereocenters. The Morgan fingerprint density at radius 2 is 2.21 bits per heavy atom. The largest absolute Gasteiger partial charge is 0.480 e. The summed E-state index contributed by atoms with van der Waals surface area (Å²) in [5.74, 6) is -1.73. The van der Waals surface area contributed by atoms with Gasteiger partial charge in [0, 0.05) is 6.20 Å². The van der Waals surface area contributed by atoms with E-state index in [2.05, 4.69) is 4.98 Å². The van der Waals surface area contributed by atoms with E-state index in [4.69, 9.17) is 16.6 Å². The first-order valence-corrected chi connectivity index (χ1v) is 5.41. The fraction of sp³-hybridized carbons (Fsp3) is 0.400. The Labute approximate surface area is 108 Å². The summed E-state index contributed by atoms with van der Waals surface area (Å²) in [7, 11) is 0. The van der Waals surface area contributed by atoms with Gasteiger partial charge in [-0.25, -0.2) is 4.79 Å². The van der Waals surface area contributed by atoms with Crippen LogP contribution in [0, 0.1) is 0 Å². The second kappa shape index (κ2) is 5.96. The molecule has 0 bridgehead atoms. The summed E-state index contributed by atoms with van der Waals surface area (Å²) in [6.07, 6.45) is 0.531. The number of hydrogen-bond acceptors (Lipinski definition) is 6. The molecule has 1 amide bonds. The highest BCUT2D eigenvalue weighted by atomic mass is 16.4. The first-order chi connectivity index (χ1) is 8.81. The molecular formula is C10H15N5O4. The Bertz CT molecular complexity index is 539. The molecule has 1 unspecified atom stereocenters. The number of hydrogen-bond donors (Lipinski definition) is 3. The van der Waals surface area contributed by atoms with Crippen LogP contribution in [0.5, 0.6) is 0 Å². The lowest BCUT2D eigenvalue weighted by molar-refractivity contribution is -0.146. The maximum Gasteiger partial charge on any atom is 0.349 e. The van der Waals surface area contributed by atoms with Gasteiger partial charge in [0.15, 0.2) is 0 Å². The van der Waals surface area contributed by atoms with Crippen LogP contribution >= 0.6 is 0 Å². The number of aliphatic carboxylic acids is 1. The minimum absolute atomic E-state index is 0.0447. The topological polar surface area (TPSA) is 145 Å². The molecule has 1 aromatic rings. The van der Waals surface area contributed by atoms with E-state index in [1.165, 1.54) is 19.2 Å². The second-order valence-corrected chi connectivity index (χ2v) is 3.92. The average Bonchev–Trinajstić information content (AvgIpc) is 2.29. The molecule has 0 aliphatic carbocycles. The zero-order valence-electron chi connectivity index (χ0n) is 10.3. The normalized spacial score (nSPS) is 11.9. The molecule has 0 aliphatic heterocycles. The van der Waals surface area contributed by atoms with Crippen molar-refractivity contribution in [3.63, 3.8) is 0 Å². The van der Waals surface area contributed by atoms with Crippen LogP contribution in [0.4, 0.5) is 5.82 Å². The lowest BCUT2D eigenvalue weighted by Gasteiger charge is -2.24. The summed E-state index contributed by atoms with van der Waals surface area (Å²) in [5.41, 5.74) is 10.1. The van der Waals surface area contributed by atoms with Gasteiger partial charge in [0.2, 0.25) is 5.91 Å². The molecule has 1 heterocycles. The van der Waals surface area contributed by atoms with Crippen molar-refractivity contribution in [3.8, 4) is 0 Å². The fourth-order valence-corrected chi connectivity index (χ4v) is 1.40. The highest BCUT2D eigenvalue weighted by Gasteiger charge is 2.20. The van der Waals surface area contributed by atoms with Gasteiger partial charge in [-0.1, -0.05) is 0 Å². The minimum atomic E-state index is -1.19. The molecule has 1 aromatic heterocycles. The molecule has 1 rings (SSSR count). The van der Waals surface area contributed by atoms with Crippen LogP contribution in [0.15, 0.2) is 17.1 Å². The van der Waals surface area contributed by atoms with Crippen LogP contribution in [0.3, 0.4) is 0 Å². The minimum Gasteiger partial charge on any atom is -0.480 e. The van der Waals surface area contributed by atoms with Crippen LogP contribution in [0.2, 0.25) is 0 Å². The number of carbonyl (C=O) groups excluding carboxylic acids is 1. The van der Waals surface area contributed by atoms with Gasteiger partial charge in [-0.05, 0) is 13.0 Å². The van der Waals surface area contributed by atoms with E-state index in [1.54, 1.807) is 0 Å². The lowest BCUT2D eigenvalue weighted by Crippen LogP contribution is -2.48. The predicted molar refractivity (Wildman–Crippen MR) is 65.9 cm³/mol. The molecule has 0 aliphatic rings. The molecular weight excluding hydrogens is 254 g/mol. The number of nitrogens with zero attached hydrogens (tertiary/aromatic N) is 3. The third-order valence-corrected chi connectivity index (χ3v) is 2.32. The Hall–Kier alpha value is -2.42. The van der Waals surface area contributed by atoms with Crippen molar-refractivity contribution < 1.29 is 14.7 Å². The zero-order chi connectivity index (χ0) is 14.6. The Morgan fingerprint density at radius 1 is 1.58 bits per heavy atom. The van der Waals surface area contributed by atoms with Crippen molar-refractivity contribution in [1.29, 1.82) is 0 Å². The van der Waals surface area contributed by atoms with Crippen molar-refractivity contribution in [2.24, 2.45) is 5.73 Å². The highest BCUT2D eigenvalue weighted by molar-refractivity contribution is 5.81. The van der Waals surface area contributed by atoms with Crippen LogP contribution in [-0.2, 0) is 16.1 Å². The summed E-state index contributed by atoms with van der Waals surface area (Å²) >= 11 is 0. The number of amides is 1. The van der Waals surface area contributed by atoms with Gasteiger partial charge >= 0.3 is 11.7 Å². The monoisotopic (exact) mass is 269 g/mol. The van der Waals surface area contributed by atoms with Gasteiger partial charge in [-0.15, -0.1) is 0 Å². The van der Waals surface area contributed by atoms with Crippen LogP contribution in [-0.4, -0.2) is 44.1 Å². The number of carboxylic acids is 1. The predicted octanol–water partition coefficient (Wildman–Crippen LogP) is -1.96. The molecule has 0 saturated heterocycles. The SMILES string of the molecule is CC(N)N(CC(=O)O)C(=O)Cn1ccc(N)nc1=O. The van der Waals surface area contributed by atoms with Crippen LogP contribution in [0.1, 0.15) is 6.92 Å². The Morgan fingerprint density at radius 3 is 2.68 bits per heavy atom. The van der Waals surface area contributed by atoms with Crippen LogP contribution < -0.4 is 17.2 Å². The first kappa shape index (κ1) is 14.6. The maximum atomic E-state index is 11.9. The van der Waals surface area contributed by atoms with E-state index < -0.39 is 30.3 Å². The summed E-state index contributed by atoms with van der Waals surface area (Å²) < 4.78 is 1.02. The van der Waals surface area contributed by atoms with Crippen molar-refractivity contribution in [3.05, 3.63) is 22.7 Å². The molecule has 0 aromatic carbocycles. The fourth-order valence-electron chi connectivity index (χ4n) is 1.40. The number of nitrogen functional groups attached to an aromatic ring is 1. The van der Waals surface area contributed by atoms with Crippen LogP contribution in [0.25, 0.3) is 0 Å². The Balaban J connectivity index is 2.87. The van der Waals surface area contributed by atoms with Gasteiger partial charge < -0.3 is 21.5 Å². The molecule has 0 spiro atoms. The molecule has 19 heavy (non-hydrogen) atoms. The van der Waals surface area contributed by atoms with E-state index in [-0.39, 0.29) is 12.4 Å². The van der Waals surface area contributed by atoms with E-state index >= 15 is 0 Å². The second-order valence-electron chi connectivity index (χ2n) is 3.92. The zero-order valence-corrected chi connectivity index (χ0v) is 10.3. The summed E-state index contributed by atoms with van der Waals surface area (Å²) in [6, 6.07) is 1.36. The van der Waals surface area contributed by atoms with Gasteiger partial charge in [-0.3, -0.25) is 14.2 Å². The first-order valence-electron chi connectivity index (χ1n) is 5.41. The number of carboxylic acid groups (broad SMARTS) is 1. The molecule has 0 saturated carbocycles. The van der Waals surface area contributed by atoms with Gasteiger partial charge in [-0.2, -0.15) is 4.98 Å². The standard InChI is InChI=1S/C10H15N5O4/c1-6(11)15(5-9(17)18)8(16)4-14-3-2-7(12)13-10(14)19/h2-3,6H,4-5,11H2,1H3,(H,17,18)(H2,12,13,19). The van der Waals surface area contributed by atoms with Gasteiger partial charge in [0.25, 0.3) is 0 Å². The van der Waals surface area contributed by atoms with Crippen molar-refractivity contribution >= 4 is 17.7 Å². The Kier molecular flexibility index (Phi) is 4.59. The molecule has 0 fully saturated rings. The number of anilines is 1. The number of carbonyl (C=O) groups is 2. The highest BCUT2D eigenvalue weighted by Crippen LogP contribution is 1.97. The molecule has 104 valence electrons. The van der Waals surface area contributed by atoms with E-state index in [1.807, 2.05) is 0 Å². The van der Waals surface area contributed by atoms with Crippen molar-refractivity contribution in [2.45, 2.75) is 19.6 Å². The van der Waals surface area contributed by atoms with E-state index in [0.29, 0.717) is 0 Å². The number of aromatic nitrogens is 2. The summed E-state index contributed by atoms with van der Waals surface area (Å²) in [6.45, 7) is 0.597. The molecule has 5 N–H and O–H groups in total. The van der Waals surface area contributed by atoms with Crippen molar-refractivity contribution in [1.82, 2.24) is 14.5 Å². The van der Waals surface area contributed by atoms with Crippen molar-refractivity contribution in [2.75, 3.05) is 12.3 Å². The smallest absolute Gasteiger partial charge is 0.349 e. The molecule has 9 heteroatoms. The van der Waals surface area contributed by atoms with E-state index in [0.717, 1.165) is 9.47 Å². The summed E-state index contributed by atoms with van der Waals surface area (Å²) in [4.78, 5) is 38.4. The average molecular weight is 269 g/mol. The quantitative estimate of drug-likeness (QED) is 0.526. The molecule has 9 nitrogen and oxygen atoms in total. The summed E-state index contributed by atoms with van der Waals surface area (Å²) in [5, 5.41) is 8.69. The number of nitrogens with two attached hydrogens (primary N) is 2. The third kappa shape index (κ3) is 4.07. The van der Waals surface area contributed by atoms with E-state index in [9.17, 15) is 14.4 Å². The van der Waals surface area contributed by atoms with Gasteiger partial charge in [0.05, 0.1) is 6.17 Å². The molecule has 0 radical (unpaired) electrons. The lowest BCUT2D eigenvalue weighted by atomic mass is 10.4.